The topological polar surface area (TPSA) is 35.5 Å². The molecule has 0 saturated carbocycles. The lowest BCUT2D eigenvalue weighted by atomic mass is 9.99. The lowest BCUT2D eigenvalue weighted by Gasteiger charge is -2.14. The van der Waals surface area contributed by atoms with Crippen LogP contribution in [0, 0.1) is 13.8 Å². The van der Waals surface area contributed by atoms with Crippen molar-refractivity contribution < 1.29 is 14.3 Å². The van der Waals surface area contributed by atoms with Crippen molar-refractivity contribution in [1.82, 2.24) is 0 Å². The Morgan fingerprint density at radius 1 is 1.29 bits per heavy atom. The van der Waals surface area contributed by atoms with Crippen LogP contribution in [-0.4, -0.2) is 26.1 Å². The monoisotopic (exact) mass is 236 g/mol. The van der Waals surface area contributed by atoms with E-state index < -0.39 is 0 Å². The Balaban J connectivity index is 3.05. The molecule has 0 saturated heterocycles. The molecule has 0 N–H and O–H groups in total. The minimum atomic E-state index is -0.0752. The Morgan fingerprint density at radius 3 is 2.47 bits per heavy atom. The molecule has 94 valence electrons. The highest BCUT2D eigenvalue weighted by atomic mass is 16.5. The van der Waals surface area contributed by atoms with Crippen LogP contribution in [0.3, 0.4) is 0 Å². The van der Waals surface area contributed by atoms with Gasteiger partial charge >= 0.3 is 0 Å². The van der Waals surface area contributed by atoms with Gasteiger partial charge in [0.25, 0.3) is 0 Å². The van der Waals surface area contributed by atoms with Crippen LogP contribution in [0.1, 0.15) is 34.8 Å². The summed E-state index contributed by atoms with van der Waals surface area (Å²) in [6, 6.07) is 3.77. The third kappa shape index (κ3) is 3.07. The second-order valence-corrected chi connectivity index (χ2v) is 4.26. The van der Waals surface area contributed by atoms with E-state index in [4.69, 9.17) is 9.47 Å². The number of Topliss-reactive ketones (excluding diaryl/α,β-unsaturated/α-hetero) is 1. The number of ether oxygens (including phenoxy) is 2. The molecular weight excluding hydrogens is 216 g/mol. The molecule has 1 rings (SSSR count). The average molecular weight is 236 g/mol. The molecule has 0 fully saturated rings. The summed E-state index contributed by atoms with van der Waals surface area (Å²) in [4.78, 5) is 12.1. The van der Waals surface area contributed by atoms with Crippen LogP contribution in [0.4, 0.5) is 0 Å². The SMILES string of the molecule is COc1c(C(=O)CC(C)OC)ccc(C)c1C. The summed E-state index contributed by atoms with van der Waals surface area (Å²) in [7, 11) is 3.20. The zero-order valence-electron chi connectivity index (χ0n) is 11.2. The van der Waals surface area contributed by atoms with Gasteiger partial charge < -0.3 is 9.47 Å². The largest absolute Gasteiger partial charge is 0.496 e. The van der Waals surface area contributed by atoms with Crippen molar-refractivity contribution in [2.24, 2.45) is 0 Å². The molecule has 0 radical (unpaired) electrons. The van der Waals surface area contributed by atoms with E-state index in [0.717, 1.165) is 11.1 Å². The summed E-state index contributed by atoms with van der Waals surface area (Å²) in [6.45, 7) is 5.85. The first-order valence-electron chi connectivity index (χ1n) is 5.71. The first-order chi connectivity index (χ1) is 8.01. The van der Waals surface area contributed by atoms with Crippen LogP contribution >= 0.6 is 0 Å². The first kappa shape index (κ1) is 13.7. The minimum Gasteiger partial charge on any atom is -0.496 e. The van der Waals surface area contributed by atoms with Gasteiger partial charge in [-0.05, 0) is 38.0 Å². The summed E-state index contributed by atoms with van der Waals surface area (Å²) in [6.07, 6.45) is 0.295. The summed E-state index contributed by atoms with van der Waals surface area (Å²) < 4.78 is 10.4. The highest BCUT2D eigenvalue weighted by Crippen LogP contribution is 2.27. The van der Waals surface area contributed by atoms with Gasteiger partial charge in [-0.25, -0.2) is 0 Å². The van der Waals surface area contributed by atoms with Crippen molar-refractivity contribution in [3.8, 4) is 5.75 Å². The van der Waals surface area contributed by atoms with E-state index in [-0.39, 0.29) is 11.9 Å². The van der Waals surface area contributed by atoms with E-state index in [1.807, 2.05) is 32.9 Å². The normalized spacial score (nSPS) is 12.3. The highest BCUT2D eigenvalue weighted by molar-refractivity contribution is 5.99. The van der Waals surface area contributed by atoms with Gasteiger partial charge in [0.05, 0.1) is 18.8 Å². The Bertz CT molecular complexity index is 410. The molecule has 1 aromatic rings. The molecule has 0 aliphatic carbocycles. The number of rotatable bonds is 5. The molecule has 0 aromatic heterocycles. The van der Waals surface area contributed by atoms with E-state index in [9.17, 15) is 4.79 Å². The lowest BCUT2D eigenvalue weighted by Crippen LogP contribution is -2.13. The molecule has 17 heavy (non-hydrogen) atoms. The van der Waals surface area contributed by atoms with E-state index in [0.29, 0.717) is 17.7 Å². The van der Waals surface area contributed by atoms with Crippen LogP contribution in [0.15, 0.2) is 12.1 Å². The van der Waals surface area contributed by atoms with Gasteiger partial charge in [0.2, 0.25) is 0 Å². The third-order valence-electron chi connectivity index (χ3n) is 3.06. The van der Waals surface area contributed by atoms with Gasteiger partial charge in [-0.1, -0.05) is 6.07 Å². The molecule has 3 heteroatoms. The standard InChI is InChI=1S/C14H20O3/c1-9-6-7-12(14(17-5)11(9)3)13(15)8-10(2)16-4/h6-7,10H,8H2,1-5H3. The van der Waals surface area contributed by atoms with Gasteiger partial charge in [0, 0.05) is 13.5 Å². The van der Waals surface area contributed by atoms with Gasteiger partial charge in [-0.15, -0.1) is 0 Å². The Hall–Kier alpha value is -1.35. The molecule has 0 heterocycles. The van der Waals surface area contributed by atoms with Gasteiger partial charge in [0.15, 0.2) is 5.78 Å². The van der Waals surface area contributed by atoms with Gasteiger partial charge in [0.1, 0.15) is 5.75 Å². The van der Waals surface area contributed by atoms with Crippen LogP contribution in [0.25, 0.3) is 0 Å². The molecular formula is C14H20O3. The van der Waals surface area contributed by atoms with E-state index in [2.05, 4.69) is 0 Å². The second-order valence-electron chi connectivity index (χ2n) is 4.26. The van der Waals surface area contributed by atoms with E-state index in [1.54, 1.807) is 14.2 Å². The summed E-state index contributed by atoms with van der Waals surface area (Å²) in [5.74, 6) is 0.734. The smallest absolute Gasteiger partial charge is 0.169 e. The average Bonchev–Trinajstić information content (AvgIpc) is 2.31. The predicted molar refractivity (Wildman–Crippen MR) is 67.9 cm³/mol. The molecule has 1 aromatic carbocycles. The number of ketones is 1. The molecule has 0 bridgehead atoms. The number of hydrogen-bond acceptors (Lipinski definition) is 3. The summed E-state index contributed by atoms with van der Waals surface area (Å²) >= 11 is 0. The number of carbonyl (C=O) groups excluding carboxylic acids is 1. The van der Waals surface area contributed by atoms with Crippen molar-refractivity contribution >= 4 is 5.78 Å². The summed E-state index contributed by atoms with van der Waals surface area (Å²) in [5.41, 5.74) is 2.78. The fraction of sp³-hybridized carbons (Fsp3) is 0.500. The number of carbonyl (C=O) groups is 1. The Labute approximate surface area is 103 Å². The Morgan fingerprint density at radius 2 is 1.94 bits per heavy atom. The van der Waals surface area contributed by atoms with Crippen LogP contribution in [-0.2, 0) is 4.74 Å². The number of hydrogen-bond donors (Lipinski definition) is 0. The fourth-order valence-corrected chi connectivity index (χ4v) is 1.73. The Kier molecular flexibility index (Phi) is 4.70. The number of benzene rings is 1. The highest BCUT2D eigenvalue weighted by Gasteiger charge is 2.17. The lowest BCUT2D eigenvalue weighted by molar-refractivity contribution is 0.0789. The quantitative estimate of drug-likeness (QED) is 0.737. The summed E-state index contributed by atoms with van der Waals surface area (Å²) in [5, 5.41) is 0. The minimum absolute atomic E-state index is 0.0549. The molecule has 1 atom stereocenters. The van der Waals surface area contributed by atoms with Crippen LogP contribution in [0.2, 0.25) is 0 Å². The van der Waals surface area contributed by atoms with Gasteiger partial charge in [-0.3, -0.25) is 4.79 Å². The molecule has 0 aliphatic heterocycles. The van der Waals surface area contributed by atoms with Crippen LogP contribution in [0.5, 0.6) is 5.75 Å². The second kappa shape index (κ2) is 5.82. The predicted octanol–water partition coefficient (Wildman–Crippen LogP) is 2.92. The van der Waals surface area contributed by atoms with Crippen molar-refractivity contribution in [2.75, 3.05) is 14.2 Å². The van der Waals surface area contributed by atoms with Crippen molar-refractivity contribution in [3.63, 3.8) is 0 Å². The molecule has 0 aliphatic rings. The first-order valence-corrected chi connectivity index (χ1v) is 5.71. The van der Waals surface area contributed by atoms with Crippen LogP contribution < -0.4 is 4.74 Å². The third-order valence-corrected chi connectivity index (χ3v) is 3.06. The van der Waals surface area contributed by atoms with E-state index in [1.165, 1.54) is 0 Å². The molecule has 0 amide bonds. The maximum absolute atomic E-state index is 12.1. The maximum atomic E-state index is 12.1. The molecule has 3 nitrogen and oxygen atoms in total. The van der Waals surface area contributed by atoms with Crippen molar-refractivity contribution in [1.29, 1.82) is 0 Å². The zero-order chi connectivity index (χ0) is 13.0. The molecule has 0 spiro atoms. The maximum Gasteiger partial charge on any atom is 0.169 e. The van der Waals surface area contributed by atoms with Crippen molar-refractivity contribution in [3.05, 3.63) is 28.8 Å². The number of methoxy groups -OCH3 is 2. The zero-order valence-corrected chi connectivity index (χ0v) is 11.2. The van der Waals surface area contributed by atoms with Crippen molar-refractivity contribution in [2.45, 2.75) is 33.3 Å². The van der Waals surface area contributed by atoms with E-state index >= 15 is 0 Å². The molecule has 1 unspecified atom stereocenters. The van der Waals surface area contributed by atoms with Gasteiger partial charge in [-0.2, -0.15) is 0 Å². The number of aryl methyl sites for hydroxylation is 1. The fourth-order valence-electron chi connectivity index (χ4n) is 1.73.